The first kappa shape index (κ1) is 15.9. The van der Waals surface area contributed by atoms with Crippen molar-refractivity contribution in [2.75, 3.05) is 26.9 Å². The lowest BCUT2D eigenvalue weighted by Crippen LogP contribution is -2.47. The average molecular weight is 273 g/mol. The van der Waals surface area contributed by atoms with Crippen LogP contribution < -0.4 is 5.32 Å². The number of carboxylic acids is 1. The van der Waals surface area contributed by atoms with Gasteiger partial charge in [-0.05, 0) is 26.7 Å². The number of methoxy groups -OCH3 is 1. The Morgan fingerprint density at radius 3 is 2.42 bits per heavy atom. The Morgan fingerprint density at radius 1 is 1.37 bits per heavy atom. The molecule has 2 N–H and O–H groups in total. The van der Waals surface area contributed by atoms with Crippen LogP contribution in [-0.2, 0) is 19.1 Å². The maximum Gasteiger partial charge on any atom is 0.311 e. The molecule has 0 aromatic rings. The molecular formula is C13H23NO5. The second-order valence-corrected chi connectivity index (χ2v) is 5.62. The topological polar surface area (TPSA) is 84.9 Å². The fourth-order valence-electron chi connectivity index (χ4n) is 2.02. The molecule has 0 aromatic heterocycles. The van der Waals surface area contributed by atoms with Crippen molar-refractivity contribution in [3.8, 4) is 0 Å². The SMILES string of the molecule is COC(C)(C)CC(=O)NCC1(C(=O)O)CCOCC1. The van der Waals surface area contributed by atoms with Crippen LogP contribution in [0.25, 0.3) is 0 Å². The van der Waals surface area contributed by atoms with Gasteiger partial charge in [0, 0.05) is 26.9 Å². The van der Waals surface area contributed by atoms with E-state index in [0.29, 0.717) is 26.1 Å². The smallest absolute Gasteiger partial charge is 0.311 e. The highest BCUT2D eigenvalue weighted by Crippen LogP contribution is 2.30. The third-order valence-electron chi connectivity index (χ3n) is 3.67. The van der Waals surface area contributed by atoms with Gasteiger partial charge < -0.3 is 19.9 Å². The number of carbonyl (C=O) groups excluding carboxylic acids is 1. The van der Waals surface area contributed by atoms with Crippen LogP contribution in [0.2, 0.25) is 0 Å². The summed E-state index contributed by atoms with van der Waals surface area (Å²) in [4.78, 5) is 23.2. The third-order valence-corrected chi connectivity index (χ3v) is 3.67. The molecule has 6 nitrogen and oxygen atoms in total. The van der Waals surface area contributed by atoms with Crippen LogP contribution in [-0.4, -0.2) is 49.5 Å². The van der Waals surface area contributed by atoms with Gasteiger partial charge in [0.1, 0.15) is 0 Å². The van der Waals surface area contributed by atoms with Gasteiger partial charge in [-0.25, -0.2) is 0 Å². The van der Waals surface area contributed by atoms with E-state index in [-0.39, 0.29) is 18.9 Å². The minimum atomic E-state index is -0.898. The van der Waals surface area contributed by atoms with Crippen molar-refractivity contribution >= 4 is 11.9 Å². The van der Waals surface area contributed by atoms with Crippen molar-refractivity contribution in [2.24, 2.45) is 5.41 Å². The number of hydrogen-bond acceptors (Lipinski definition) is 4. The first-order chi connectivity index (χ1) is 8.81. The summed E-state index contributed by atoms with van der Waals surface area (Å²) in [7, 11) is 1.55. The number of hydrogen-bond donors (Lipinski definition) is 2. The highest BCUT2D eigenvalue weighted by atomic mass is 16.5. The second-order valence-electron chi connectivity index (χ2n) is 5.62. The van der Waals surface area contributed by atoms with E-state index in [2.05, 4.69) is 5.32 Å². The summed E-state index contributed by atoms with van der Waals surface area (Å²) >= 11 is 0. The Morgan fingerprint density at radius 2 is 1.95 bits per heavy atom. The predicted octanol–water partition coefficient (Wildman–Crippen LogP) is 0.799. The molecule has 0 bridgehead atoms. The molecule has 0 spiro atoms. The van der Waals surface area contributed by atoms with Gasteiger partial charge in [-0.3, -0.25) is 9.59 Å². The van der Waals surface area contributed by atoms with Gasteiger partial charge in [0.05, 0.1) is 17.4 Å². The standard InChI is InChI=1S/C13H23NO5/c1-12(2,18-3)8-10(15)14-9-13(11(16)17)4-6-19-7-5-13/h4-9H2,1-3H3,(H,14,15)(H,16,17). The first-order valence-electron chi connectivity index (χ1n) is 6.44. The molecule has 0 radical (unpaired) electrons. The van der Waals surface area contributed by atoms with Crippen molar-refractivity contribution in [1.29, 1.82) is 0 Å². The molecule has 1 amide bonds. The molecule has 0 aromatic carbocycles. The number of aliphatic carboxylic acids is 1. The summed E-state index contributed by atoms with van der Waals surface area (Å²) in [5.74, 6) is -1.07. The average Bonchev–Trinajstić information content (AvgIpc) is 2.37. The number of rotatable bonds is 6. The van der Waals surface area contributed by atoms with Gasteiger partial charge in [0.15, 0.2) is 0 Å². The van der Waals surface area contributed by atoms with Gasteiger partial charge in [0.25, 0.3) is 0 Å². The molecule has 1 aliphatic rings. The van der Waals surface area contributed by atoms with Crippen molar-refractivity contribution in [3.63, 3.8) is 0 Å². The summed E-state index contributed by atoms with van der Waals surface area (Å²) in [6.45, 7) is 4.61. The molecule has 0 saturated carbocycles. The number of nitrogens with one attached hydrogen (secondary N) is 1. The van der Waals surface area contributed by atoms with Crippen LogP contribution in [0.3, 0.4) is 0 Å². The molecule has 6 heteroatoms. The molecule has 1 heterocycles. The largest absolute Gasteiger partial charge is 0.481 e. The minimum absolute atomic E-state index is 0.143. The van der Waals surface area contributed by atoms with E-state index >= 15 is 0 Å². The monoisotopic (exact) mass is 273 g/mol. The lowest BCUT2D eigenvalue weighted by atomic mass is 9.80. The van der Waals surface area contributed by atoms with Crippen LogP contribution in [0.4, 0.5) is 0 Å². The highest BCUT2D eigenvalue weighted by Gasteiger charge is 2.40. The van der Waals surface area contributed by atoms with Gasteiger partial charge in [-0.15, -0.1) is 0 Å². The number of ether oxygens (including phenoxy) is 2. The van der Waals surface area contributed by atoms with E-state index in [9.17, 15) is 14.7 Å². The molecule has 1 saturated heterocycles. The number of amides is 1. The minimum Gasteiger partial charge on any atom is -0.481 e. The maximum atomic E-state index is 11.8. The maximum absolute atomic E-state index is 11.8. The Kier molecular flexibility index (Phi) is 5.31. The van der Waals surface area contributed by atoms with Crippen molar-refractivity contribution in [1.82, 2.24) is 5.32 Å². The molecular weight excluding hydrogens is 250 g/mol. The molecule has 0 atom stereocenters. The second kappa shape index (κ2) is 6.34. The van der Waals surface area contributed by atoms with Gasteiger partial charge in [0.2, 0.25) is 5.91 Å². The van der Waals surface area contributed by atoms with E-state index in [0.717, 1.165) is 0 Å². The quantitative estimate of drug-likeness (QED) is 0.747. The van der Waals surface area contributed by atoms with Crippen molar-refractivity contribution in [2.45, 2.75) is 38.7 Å². The van der Waals surface area contributed by atoms with E-state index in [1.54, 1.807) is 7.11 Å². The van der Waals surface area contributed by atoms with Crippen molar-refractivity contribution < 1.29 is 24.2 Å². The fraction of sp³-hybridized carbons (Fsp3) is 0.846. The third kappa shape index (κ3) is 4.47. The normalized spacial score (nSPS) is 18.9. The molecule has 110 valence electrons. The van der Waals surface area contributed by atoms with Crippen LogP contribution >= 0.6 is 0 Å². The summed E-state index contributed by atoms with van der Waals surface area (Å²) in [6.07, 6.45) is 1.06. The number of carboxylic acid groups (broad SMARTS) is 1. The summed E-state index contributed by atoms with van der Waals surface area (Å²) < 4.78 is 10.4. The molecule has 19 heavy (non-hydrogen) atoms. The predicted molar refractivity (Wildman–Crippen MR) is 68.8 cm³/mol. The zero-order valence-corrected chi connectivity index (χ0v) is 11.8. The Bertz CT molecular complexity index is 334. The lowest BCUT2D eigenvalue weighted by Gasteiger charge is -2.33. The molecule has 1 rings (SSSR count). The van der Waals surface area contributed by atoms with Crippen LogP contribution in [0.1, 0.15) is 33.1 Å². The highest BCUT2D eigenvalue weighted by molar-refractivity contribution is 5.79. The summed E-state index contributed by atoms with van der Waals surface area (Å²) in [5.41, 5.74) is -1.44. The first-order valence-corrected chi connectivity index (χ1v) is 6.44. The zero-order valence-electron chi connectivity index (χ0n) is 11.8. The Balaban J connectivity index is 2.53. The molecule has 0 aliphatic carbocycles. The van der Waals surface area contributed by atoms with Crippen molar-refractivity contribution in [3.05, 3.63) is 0 Å². The van der Waals surface area contributed by atoms with Crippen LogP contribution in [0.5, 0.6) is 0 Å². The van der Waals surface area contributed by atoms with E-state index in [1.807, 2.05) is 13.8 Å². The lowest BCUT2D eigenvalue weighted by molar-refractivity contribution is -0.154. The van der Waals surface area contributed by atoms with E-state index < -0.39 is 17.0 Å². The molecule has 1 fully saturated rings. The summed E-state index contributed by atoms with van der Waals surface area (Å²) in [5, 5.41) is 12.1. The van der Waals surface area contributed by atoms with Crippen LogP contribution in [0, 0.1) is 5.41 Å². The van der Waals surface area contributed by atoms with Gasteiger partial charge >= 0.3 is 5.97 Å². The van der Waals surface area contributed by atoms with E-state index in [4.69, 9.17) is 9.47 Å². The summed E-state index contributed by atoms with van der Waals surface area (Å²) in [6, 6.07) is 0. The number of carbonyl (C=O) groups is 2. The Labute approximate surface area is 113 Å². The fourth-order valence-corrected chi connectivity index (χ4v) is 2.02. The van der Waals surface area contributed by atoms with Gasteiger partial charge in [-0.2, -0.15) is 0 Å². The Hall–Kier alpha value is -1.14. The van der Waals surface area contributed by atoms with E-state index in [1.165, 1.54) is 0 Å². The molecule has 1 aliphatic heterocycles. The van der Waals surface area contributed by atoms with Crippen LogP contribution in [0.15, 0.2) is 0 Å². The zero-order chi connectivity index (χ0) is 14.5. The molecule has 0 unspecified atom stereocenters. The van der Waals surface area contributed by atoms with Gasteiger partial charge in [-0.1, -0.05) is 0 Å².